The van der Waals surface area contributed by atoms with Crippen molar-refractivity contribution in [1.29, 1.82) is 0 Å². The summed E-state index contributed by atoms with van der Waals surface area (Å²) in [6.45, 7) is 0. The molecule has 3 aromatic rings. The lowest BCUT2D eigenvalue weighted by molar-refractivity contribution is -0.149. The van der Waals surface area contributed by atoms with Gasteiger partial charge in [-0.1, -0.05) is 36.4 Å². The molecule has 0 saturated heterocycles. The van der Waals surface area contributed by atoms with E-state index in [9.17, 15) is 4.79 Å². The molecule has 0 amide bonds. The first-order chi connectivity index (χ1) is 10.8. The maximum Gasteiger partial charge on any atom is 0.351 e. The highest BCUT2D eigenvalue weighted by atomic mass is 16.6. The Kier molecular flexibility index (Phi) is 4.01. The lowest BCUT2D eigenvalue weighted by atomic mass is 10.1. The number of ether oxygens (including phenoxy) is 2. The summed E-state index contributed by atoms with van der Waals surface area (Å²) >= 11 is 0. The monoisotopic (exact) mass is 293 g/mol. The Morgan fingerprint density at radius 2 is 1.86 bits per heavy atom. The number of carbonyl (C=O) groups excluding carboxylic acids is 1. The van der Waals surface area contributed by atoms with Crippen LogP contribution in [0.15, 0.2) is 66.9 Å². The van der Waals surface area contributed by atoms with Crippen molar-refractivity contribution in [3.8, 4) is 5.75 Å². The minimum Gasteiger partial charge on any atom is -0.474 e. The van der Waals surface area contributed by atoms with Gasteiger partial charge in [0, 0.05) is 17.1 Å². The van der Waals surface area contributed by atoms with Gasteiger partial charge in [-0.05, 0) is 24.3 Å². The number of nitrogens with zero attached hydrogens (tertiary/aromatic N) is 1. The number of aromatic nitrogens is 1. The normalized spacial score (nSPS) is 11.9. The molecule has 4 nitrogen and oxygen atoms in total. The van der Waals surface area contributed by atoms with Gasteiger partial charge in [-0.3, -0.25) is 4.98 Å². The zero-order valence-electron chi connectivity index (χ0n) is 12.1. The third-order valence-electron chi connectivity index (χ3n) is 3.35. The lowest BCUT2D eigenvalue weighted by Crippen LogP contribution is -2.20. The summed E-state index contributed by atoms with van der Waals surface area (Å²) in [6, 6.07) is 18.6. The maximum absolute atomic E-state index is 12.0. The molecule has 0 saturated carbocycles. The van der Waals surface area contributed by atoms with Crippen LogP contribution in [0.1, 0.15) is 11.7 Å². The van der Waals surface area contributed by atoms with E-state index in [4.69, 9.17) is 9.47 Å². The van der Waals surface area contributed by atoms with Crippen LogP contribution >= 0.6 is 0 Å². The Labute approximate surface area is 128 Å². The Hall–Kier alpha value is -2.88. The van der Waals surface area contributed by atoms with E-state index in [1.54, 1.807) is 12.3 Å². The summed E-state index contributed by atoms with van der Waals surface area (Å²) in [5.74, 6) is 0.164. The van der Waals surface area contributed by atoms with Gasteiger partial charge in [-0.25, -0.2) is 4.79 Å². The fourth-order valence-corrected chi connectivity index (χ4v) is 2.25. The minimum atomic E-state index is -0.791. The molecule has 0 radical (unpaired) electrons. The largest absolute Gasteiger partial charge is 0.474 e. The summed E-state index contributed by atoms with van der Waals surface area (Å²) in [5.41, 5.74) is 1.63. The predicted octanol–water partition coefficient (Wildman–Crippen LogP) is 3.53. The zero-order chi connectivity index (χ0) is 15.4. The van der Waals surface area contributed by atoms with Crippen molar-refractivity contribution in [3.63, 3.8) is 0 Å². The van der Waals surface area contributed by atoms with Gasteiger partial charge in [0.2, 0.25) is 6.10 Å². The van der Waals surface area contributed by atoms with E-state index in [2.05, 4.69) is 4.98 Å². The second-order valence-corrected chi connectivity index (χ2v) is 4.79. The Balaban J connectivity index is 1.93. The first kappa shape index (κ1) is 14.1. The van der Waals surface area contributed by atoms with Crippen molar-refractivity contribution in [3.05, 3.63) is 72.4 Å². The van der Waals surface area contributed by atoms with E-state index >= 15 is 0 Å². The number of hydrogen-bond donors (Lipinski definition) is 0. The van der Waals surface area contributed by atoms with Crippen LogP contribution in [0, 0.1) is 0 Å². The summed E-state index contributed by atoms with van der Waals surface area (Å²) in [4.78, 5) is 16.3. The number of hydrogen-bond acceptors (Lipinski definition) is 4. The van der Waals surface area contributed by atoms with Gasteiger partial charge in [-0.15, -0.1) is 0 Å². The molecular formula is C18H15NO3. The molecule has 0 spiro atoms. The third-order valence-corrected chi connectivity index (χ3v) is 3.35. The van der Waals surface area contributed by atoms with Crippen LogP contribution in [0.3, 0.4) is 0 Å². The second kappa shape index (κ2) is 6.26. The molecular weight excluding hydrogens is 278 g/mol. The second-order valence-electron chi connectivity index (χ2n) is 4.79. The third kappa shape index (κ3) is 2.91. The predicted molar refractivity (Wildman–Crippen MR) is 83.6 cm³/mol. The molecule has 0 aliphatic rings. The van der Waals surface area contributed by atoms with Gasteiger partial charge in [0.1, 0.15) is 5.75 Å². The van der Waals surface area contributed by atoms with E-state index in [0.29, 0.717) is 5.75 Å². The number of fused-ring (bicyclic) bond motifs is 1. The fourth-order valence-electron chi connectivity index (χ4n) is 2.25. The fraction of sp³-hybridized carbons (Fsp3) is 0.111. The number of carbonyl (C=O) groups is 1. The highest BCUT2D eigenvalue weighted by Crippen LogP contribution is 2.26. The zero-order valence-corrected chi connectivity index (χ0v) is 12.1. The van der Waals surface area contributed by atoms with Crippen LogP contribution in [-0.4, -0.2) is 18.1 Å². The maximum atomic E-state index is 12.0. The van der Waals surface area contributed by atoms with Gasteiger partial charge in [-0.2, -0.15) is 0 Å². The molecule has 0 aliphatic carbocycles. The molecule has 0 aliphatic heterocycles. The van der Waals surface area contributed by atoms with Gasteiger partial charge in [0.15, 0.2) is 0 Å². The summed E-state index contributed by atoms with van der Waals surface area (Å²) in [5, 5.41) is 0.955. The molecule has 1 heterocycles. The highest BCUT2D eigenvalue weighted by molar-refractivity contribution is 5.80. The number of esters is 1. The molecule has 0 N–H and O–H groups in total. The molecule has 0 bridgehead atoms. The van der Waals surface area contributed by atoms with E-state index in [-0.39, 0.29) is 0 Å². The standard InChI is InChI=1S/C18H15NO3/c1-21-18(20)17(13-6-3-2-4-7-13)22-15-9-10-16-14(12-15)8-5-11-19-16/h2-12,17H,1H3. The van der Waals surface area contributed by atoms with Crippen molar-refractivity contribution in [2.24, 2.45) is 0 Å². The van der Waals surface area contributed by atoms with Gasteiger partial charge >= 0.3 is 5.97 Å². The van der Waals surface area contributed by atoms with Crippen molar-refractivity contribution in [2.75, 3.05) is 7.11 Å². The molecule has 1 atom stereocenters. The smallest absolute Gasteiger partial charge is 0.351 e. The van der Waals surface area contributed by atoms with E-state index < -0.39 is 12.1 Å². The number of rotatable bonds is 4. The number of pyridine rings is 1. The molecule has 4 heteroatoms. The van der Waals surface area contributed by atoms with Crippen LogP contribution < -0.4 is 4.74 Å². The first-order valence-electron chi connectivity index (χ1n) is 6.92. The molecule has 22 heavy (non-hydrogen) atoms. The van der Waals surface area contributed by atoms with Gasteiger partial charge in [0.05, 0.1) is 12.6 Å². The van der Waals surface area contributed by atoms with Gasteiger partial charge < -0.3 is 9.47 Å². The molecule has 1 aromatic heterocycles. The summed E-state index contributed by atoms with van der Waals surface area (Å²) in [7, 11) is 1.35. The Morgan fingerprint density at radius 3 is 2.64 bits per heavy atom. The number of methoxy groups -OCH3 is 1. The molecule has 1 unspecified atom stereocenters. The Bertz CT molecular complexity index is 786. The lowest BCUT2D eigenvalue weighted by Gasteiger charge is -2.17. The topological polar surface area (TPSA) is 48.4 Å². The van der Waals surface area contributed by atoms with Crippen molar-refractivity contribution in [1.82, 2.24) is 4.98 Å². The number of benzene rings is 2. The van der Waals surface area contributed by atoms with Crippen LogP contribution in [0.4, 0.5) is 0 Å². The highest BCUT2D eigenvalue weighted by Gasteiger charge is 2.23. The van der Waals surface area contributed by atoms with Crippen LogP contribution in [0.5, 0.6) is 5.75 Å². The van der Waals surface area contributed by atoms with Crippen molar-refractivity contribution in [2.45, 2.75) is 6.10 Å². The molecule has 0 fully saturated rings. The van der Waals surface area contributed by atoms with E-state index in [1.807, 2.05) is 54.6 Å². The van der Waals surface area contributed by atoms with Crippen molar-refractivity contribution < 1.29 is 14.3 Å². The SMILES string of the molecule is COC(=O)C(Oc1ccc2ncccc2c1)c1ccccc1. The van der Waals surface area contributed by atoms with Crippen LogP contribution in [0.25, 0.3) is 10.9 Å². The average Bonchev–Trinajstić information content (AvgIpc) is 2.59. The summed E-state index contributed by atoms with van der Waals surface area (Å²) in [6.07, 6.45) is 0.949. The van der Waals surface area contributed by atoms with Crippen molar-refractivity contribution >= 4 is 16.9 Å². The Morgan fingerprint density at radius 1 is 1.05 bits per heavy atom. The summed E-state index contributed by atoms with van der Waals surface area (Å²) < 4.78 is 10.7. The first-order valence-corrected chi connectivity index (χ1v) is 6.92. The van der Waals surface area contributed by atoms with Gasteiger partial charge in [0.25, 0.3) is 0 Å². The molecule has 3 rings (SSSR count). The van der Waals surface area contributed by atoms with E-state index in [1.165, 1.54) is 7.11 Å². The average molecular weight is 293 g/mol. The minimum absolute atomic E-state index is 0.433. The van der Waals surface area contributed by atoms with E-state index in [0.717, 1.165) is 16.5 Å². The quantitative estimate of drug-likeness (QED) is 0.690. The van der Waals surface area contributed by atoms with Crippen LogP contribution in [0.2, 0.25) is 0 Å². The van der Waals surface area contributed by atoms with Crippen LogP contribution in [-0.2, 0) is 9.53 Å². The molecule has 110 valence electrons. The molecule has 2 aromatic carbocycles.